The van der Waals surface area contributed by atoms with Crippen molar-refractivity contribution in [2.75, 3.05) is 47.0 Å². The van der Waals surface area contributed by atoms with Crippen LogP contribution in [0.4, 0.5) is 0 Å². The number of nitrogens with one attached hydrogen (secondary N) is 1. The van der Waals surface area contributed by atoms with Gasteiger partial charge in [-0.2, -0.15) is 4.31 Å². The third-order valence-electron chi connectivity index (χ3n) is 5.11. The van der Waals surface area contributed by atoms with Gasteiger partial charge in [-0.1, -0.05) is 0 Å². The summed E-state index contributed by atoms with van der Waals surface area (Å²) in [6, 6.07) is 12.5. The van der Waals surface area contributed by atoms with Crippen LogP contribution in [0.15, 0.2) is 47.4 Å². The van der Waals surface area contributed by atoms with Crippen LogP contribution in [0.1, 0.15) is 12.5 Å². The zero-order valence-corrected chi connectivity index (χ0v) is 18.0. The third-order valence-corrected chi connectivity index (χ3v) is 7.02. The van der Waals surface area contributed by atoms with E-state index in [-0.39, 0.29) is 0 Å². The van der Waals surface area contributed by atoms with Gasteiger partial charge in [0, 0.05) is 5.56 Å². The lowest BCUT2D eigenvalue weighted by atomic mass is 10.1. The predicted molar refractivity (Wildman–Crippen MR) is 110 cm³/mol. The smallest absolute Gasteiger partial charge is 0.243 e. The number of hydrogen-bond donors (Lipinski definition) is 1. The van der Waals surface area contributed by atoms with Crippen molar-refractivity contribution >= 4 is 10.0 Å². The average Bonchev–Trinajstić information content (AvgIpc) is 2.75. The van der Waals surface area contributed by atoms with E-state index in [0.29, 0.717) is 30.3 Å². The Kier molecular flexibility index (Phi) is 7.00. The largest absolute Gasteiger partial charge is 0.497 e. The summed E-state index contributed by atoms with van der Waals surface area (Å²) in [5, 5.41) is 0. The maximum absolute atomic E-state index is 12.9. The predicted octanol–water partition coefficient (Wildman–Crippen LogP) is 1.19. The molecule has 0 aliphatic carbocycles. The number of nitrogens with zero attached hydrogens (tertiary/aromatic N) is 1. The minimum Gasteiger partial charge on any atom is -0.497 e. The molecule has 0 spiro atoms. The van der Waals surface area contributed by atoms with Gasteiger partial charge in [0.15, 0.2) is 11.5 Å². The fourth-order valence-electron chi connectivity index (χ4n) is 3.50. The minimum atomic E-state index is -3.48. The van der Waals surface area contributed by atoms with Crippen LogP contribution >= 0.6 is 0 Å². The van der Waals surface area contributed by atoms with Crippen molar-refractivity contribution in [2.24, 2.45) is 0 Å². The average molecular weight is 422 g/mol. The van der Waals surface area contributed by atoms with Gasteiger partial charge in [0.25, 0.3) is 0 Å². The van der Waals surface area contributed by atoms with E-state index in [4.69, 9.17) is 14.2 Å². The summed E-state index contributed by atoms with van der Waals surface area (Å²) >= 11 is 0. The van der Waals surface area contributed by atoms with E-state index in [9.17, 15) is 8.42 Å². The Bertz CT molecular complexity index is 907. The fraction of sp³-hybridized carbons (Fsp3) is 0.429. The molecule has 158 valence electrons. The number of piperazine rings is 1. The van der Waals surface area contributed by atoms with Crippen molar-refractivity contribution < 1.29 is 27.5 Å². The lowest BCUT2D eigenvalue weighted by molar-refractivity contribution is -0.917. The number of hydrogen-bond acceptors (Lipinski definition) is 5. The molecule has 2 aromatic rings. The Labute approximate surface area is 172 Å². The summed E-state index contributed by atoms with van der Waals surface area (Å²) in [6.45, 7) is 5.85. The number of sulfonamides is 1. The standard InChI is InChI=1S/C21H28N2O5S/c1-4-28-21-15-17(5-10-20(21)27-3)16-22-11-13-23(14-12-22)29(24,25)19-8-6-18(26-2)7-9-19/h5-10,15H,4,11-14,16H2,1-3H3/p+1. The molecule has 0 radical (unpaired) electrons. The number of benzene rings is 2. The molecule has 1 heterocycles. The molecule has 29 heavy (non-hydrogen) atoms. The highest BCUT2D eigenvalue weighted by atomic mass is 32.2. The maximum atomic E-state index is 12.9. The maximum Gasteiger partial charge on any atom is 0.243 e. The van der Waals surface area contributed by atoms with E-state index < -0.39 is 10.0 Å². The molecule has 0 aromatic heterocycles. The molecule has 3 rings (SSSR count). The second-order valence-electron chi connectivity index (χ2n) is 6.92. The Hall–Kier alpha value is -2.29. The quantitative estimate of drug-likeness (QED) is 0.694. The first-order valence-corrected chi connectivity index (χ1v) is 11.2. The third kappa shape index (κ3) is 5.01. The van der Waals surface area contributed by atoms with Gasteiger partial charge in [0.2, 0.25) is 10.0 Å². The zero-order chi connectivity index (χ0) is 20.9. The molecule has 1 aliphatic rings. The Morgan fingerprint density at radius 1 is 0.966 bits per heavy atom. The molecule has 1 aliphatic heterocycles. The van der Waals surface area contributed by atoms with Crippen LogP contribution in [0, 0.1) is 0 Å². The van der Waals surface area contributed by atoms with Gasteiger partial charge in [-0.3, -0.25) is 0 Å². The molecule has 0 bridgehead atoms. The molecule has 7 nitrogen and oxygen atoms in total. The van der Waals surface area contributed by atoms with Crippen LogP contribution in [-0.2, 0) is 16.6 Å². The van der Waals surface area contributed by atoms with Gasteiger partial charge in [-0.25, -0.2) is 8.42 Å². The molecule has 8 heteroatoms. The van der Waals surface area contributed by atoms with Crippen LogP contribution < -0.4 is 19.1 Å². The van der Waals surface area contributed by atoms with Crippen molar-refractivity contribution in [2.45, 2.75) is 18.4 Å². The van der Waals surface area contributed by atoms with Crippen LogP contribution in [0.25, 0.3) is 0 Å². The van der Waals surface area contributed by atoms with Crippen molar-refractivity contribution in [3.63, 3.8) is 0 Å². The first-order chi connectivity index (χ1) is 14.0. The summed E-state index contributed by atoms with van der Waals surface area (Å²) in [5.41, 5.74) is 1.15. The van der Waals surface area contributed by atoms with E-state index in [0.717, 1.165) is 36.7 Å². The monoisotopic (exact) mass is 421 g/mol. The Morgan fingerprint density at radius 3 is 2.24 bits per heavy atom. The summed E-state index contributed by atoms with van der Waals surface area (Å²) in [5.74, 6) is 2.11. The fourth-order valence-corrected chi connectivity index (χ4v) is 4.95. The summed E-state index contributed by atoms with van der Waals surface area (Å²) in [4.78, 5) is 1.65. The lowest BCUT2D eigenvalue weighted by Crippen LogP contribution is -3.13. The van der Waals surface area contributed by atoms with Gasteiger partial charge in [-0.05, 0) is 49.4 Å². The van der Waals surface area contributed by atoms with Crippen molar-refractivity contribution in [3.8, 4) is 17.2 Å². The first-order valence-electron chi connectivity index (χ1n) is 9.75. The number of methoxy groups -OCH3 is 2. The number of quaternary nitrogens is 1. The highest BCUT2D eigenvalue weighted by Gasteiger charge is 2.30. The van der Waals surface area contributed by atoms with Crippen LogP contribution in [0.3, 0.4) is 0 Å². The minimum absolute atomic E-state index is 0.304. The molecule has 0 saturated carbocycles. The molecule has 0 atom stereocenters. The molecule has 1 fully saturated rings. The second kappa shape index (κ2) is 9.47. The zero-order valence-electron chi connectivity index (χ0n) is 17.2. The topological polar surface area (TPSA) is 69.5 Å². The van der Waals surface area contributed by atoms with E-state index in [1.165, 1.54) is 4.90 Å². The van der Waals surface area contributed by atoms with Gasteiger partial charge < -0.3 is 19.1 Å². The van der Waals surface area contributed by atoms with Gasteiger partial charge in [0.05, 0.1) is 51.9 Å². The molecule has 2 aromatic carbocycles. The molecular weight excluding hydrogens is 392 g/mol. The molecular formula is C21H29N2O5S+. The van der Waals surface area contributed by atoms with E-state index in [1.54, 1.807) is 42.8 Å². The normalized spacial score (nSPS) is 15.8. The van der Waals surface area contributed by atoms with Crippen molar-refractivity contribution in [1.29, 1.82) is 0 Å². The van der Waals surface area contributed by atoms with E-state index in [1.807, 2.05) is 25.1 Å². The summed E-state index contributed by atoms with van der Waals surface area (Å²) in [7, 11) is -0.287. The highest BCUT2D eigenvalue weighted by molar-refractivity contribution is 7.89. The van der Waals surface area contributed by atoms with Gasteiger partial charge in [-0.15, -0.1) is 0 Å². The SMILES string of the molecule is CCOc1cc(C[NH+]2CCN(S(=O)(=O)c3ccc(OC)cc3)CC2)ccc1OC. The van der Waals surface area contributed by atoms with Crippen LogP contribution in [0.2, 0.25) is 0 Å². The van der Waals surface area contributed by atoms with E-state index in [2.05, 4.69) is 0 Å². The molecule has 0 unspecified atom stereocenters. The highest BCUT2D eigenvalue weighted by Crippen LogP contribution is 2.27. The lowest BCUT2D eigenvalue weighted by Gasteiger charge is -2.31. The molecule has 0 amide bonds. The summed E-state index contributed by atoms with van der Waals surface area (Å²) in [6.07, 6.45) is 0. The van der Waals surface area contributed by atoms with Crippen molar-refractivity contribution in [3.05, 3.63) is 48.0 Å². The van der Waals surface area contributed by atoms with E-state index >= 15 is 0 Å². The summed E-state index contributed by atoms with van der Waals surface area (Å²) < 4.78 is 43.4. The Balaban J connectivity index is 1.62. The number of rotatable bonds is 8. The van der Waals surface area contributed by atoms with Crippen molar-refractivity contribution in [1.82, 2.24) is 4.31 Å². The Morgan fingerprint density at radius 2 is 1.66 bits per heavy atom. The van der Waals surface area contributed by atoms with Gasteiger partial charge in [0.1, 0.15) is 12.3 Å². The van der Waals surface area contributed by atoms with Crippen LogP contribution in [0.5, 0.6) is 17.2 Å². The molecule has 1 saturated heterocycles. The first kappa shape index (κ1) is 21.4. The van der Waals surface area contributed by atoms with Crippen LogP contribution in [-0.4, -0.2) is 59.7 Å². The van der Waals surface area contributed by atoms with Gasteiger partial charge >= 0.3 is 0 Å². The molecule has 1 N–H and O–H groups in total. The second-order valence-corrected chi connectivity index (χ2v) is 8.86. The number of ether oxygens (including phenoxy) is 3.